The highest BCUT2D eigenvalue weighted by molar-refractivity contribution is 7.94. The lowest BCUT2D eigenvalue weighted by molar-refractivity contribution is 0.599. The number of hydrogen-bond donors (Lipinski definition) is 2. The fraction of sp³-hybridized carbons (Fsp3) is 0. The maximum absolute atomic E-state index is 12.2. The summed E-state index contributed by atoms with van der Waals surface area (Å²) in [5.41, 5.74) is 5.84. The Bertz CT molecular complexity index is 870. The molecule has 2 aromatic heterocycles. The van der Waals surface area contributed by atoms with Crippen molar-refractivity contribution in [3.63, 3.8) is 0 Å². The quantitative estimate of drug-likeness (QED) is 0.758. The Morgan fingerprint density at radius 1 is 1.20 bits per heavy atom. The van der Waals surface area contributed by atoms with E-state index < -0.39 is 10.0 Å². The molecular weight excluding hydrogens is 298 g/mol. The Hall–Kier alpha value is -2.26. The van der Waals surface area contributed by atoms with Crippen LogP contribution in [0.4, 0.5) is 10.8 Å². The minimum Gasteiger partial charge on any atom is -0.374 e. The number of hydrogen-bond acceptors (Lipinski definition) is 7. The second-order valence-corrected chi connectivity index (χ2v) is 6.78. The first kappa shape index (κ1) is 12.8. The van der Waals surface area contributed by atoms with Crippen LogP contribution in [0.3, 0.4) is 0 Å². The molecule has 9 heteroatoms. The van der Waals surface area contributed by atoms with Crippen molar-refractivity contribution in [3.05, 3.63) is 36.7 Å². The zero-order chi connectivity index (χ0) is 14.2. The predicted octanol–water partition coefficient (Wildman–Crippen LogP) is 1.47. The van der Waals surface area contributed by atoms with Gasteiger partial charge in [-0.2, -0.15) is 8.42 Å². The van der Waals surface area contributed by atoms with Gasteiger partial charge in [-0.15, -0.1) is 10.2 Å². The molecule has 0 bridgehead atoms. The van der Waals surface area contributed by atoms with Crippen LogP contribution in [0.1, 0.15) is 0 Å². The van der Waals surface area contributed by atoms with Gasteiger partial charge in [-0.3, -0.25) is 9.71 Å². The minimum absolute atomic E-state index is 0.102. The Morgan fingerprint density at radius 3 is 2.80 bits per heavy atom. The maximum atomic E-state index is 12.2. The highest BCUT2D eigenvalue weighted by atomic mass is 32.2. The lowest BCUT2D eigenvalue weighted by Crippen LogP contribution is -2.13. The number of anilines is 2. The Morgan fingerprint density at radius 2 is 2.05 bits per heavy atom. The van der Waals surface area contributed by atoms with Crippen molar-refractivity contribution in [2.24, 2.45) is 0 Å². The summed E-state index contributed by atoms with van der Waals surface area (Å²) in [4.78, 5) is 4.00. The molecule has 0 saturated carbocycles. The summed E-state index contributed by atoms with van der Waals surface area (Å²) in [5, 5.41) is 8.74. The van der Waals surface area contributed by atoms with Gasteiger partial charge in [-0.25, -0.2) is 0 Å². The molecule has 0 amide bonds. The van der Waals surface area contributed by atoms with E-state index in [0.29, 0.717) is 11.1 Å². The van der Waals surface area contributed by atoms with Crippen LogP contribution in [0.2, 0.25) is 0 Å². The Kier molecular flexibility index (Phi) is 2.99. The second kappa shape index (κ2) is 4.69. The van der Waals surface area contributed by atoms with Crippen LogP contribution < -0.4 is 10.5 Å². The molecule has 0 aliphatic heterocycles. The van der Waals surface area contributed by atoms with Crippen molar-refractivity contribution >= 4 is 43.0 Å². The molecular formula is C11H9N5O2S2. The van der Waals surface area contributed by atoms with Gasteiger partial charge >= 0.3 is 0 Å². The van der Waals surface area contributed by atoms with Crippen LogP contribution in [-0.4, -0.2) is 23.6 Å². The Labute approximate surface area is 118 Å². The van der Waals surface area contributed by atoms with Crippen LogP contribution in [0.5, 0.6) is 0 Å². The lowest BCUT2D eigenvalue weighted by atomic mass is 10.1. The van der Waals surface area contributed by atoms with E-state index in [1.165, 1.54) is 0 Å². The van der Waals surface area contributed by atoms with Crippen molar-refractivity contribution in [3.8, 4) is 0 Å². The zero-order valence-electron chi connectivity index (χ0n) is 10.0. The minimum atomic E-state index is -3.80. The van der Waals surface area contributed by atoms with E-state index in [2.05, 4.69) is 19.9 Å². The predicted molar refractivity (Wildman–Crippen MR) is 76.9 cm³/mol. The number of fused-ring (bicyclic) bond motifs is 1. The topological polar surface area (TPSA) is 111 Å². The van der Waals surface area contributed by atoms with E-state index in [0.717, 1.165) is 16.7 Å². The summed E-state index contributed by atoms with van der Waals surface area (Å²) < 4.78 is 26.7. The molecule has 0 radical (unpaired) electrons. The van der Waals surface area contributed by atoms with Gasteiger partial charge in [-0.05, 0) is 17.5 Å². The maximum Gasteiger partial charge on any atom is 0.291 e. The first-order valence-corrected chi connectivity index (χ1v) is 7.81. The van der Waals surface area contributed by atoms with Crippen molar-refractivity contribution in [2.45, 2.75) is 4.34 Å². The number of nitrogens with zero attached hydrogens (tertiary/aromatic N) is 3. The number of aromatic nitrogens is 3. The van der Waals surface area contributed by atoms with Gasteiger partial charge in [0.2, 0.25) is 5.13 Å². The zero-order valence-corrected chi connectivity index (χ0v) is 11.6. The molecule has 7 nitrogen and oxygen atoms in total. The van der Waals surface area contributed by atoms with E-state index in [-0.39, 0.29) is 9.47 Å². The van der Waals surface area contributed by atoms with Crippen molar-refractivity contribution in [1.29, 1.82) is 0 Å². The van der Waals surface area contributed by atoms with Gasteiger partial charge < -0.3 is 5.73 Å². The lowest BCUT2D eigenvalue weighted by Gasteiger charge is -2.08. The SMILES string of the molecule is Nc1nnc(S(=O)(=O)Nc2cccc3ccncc23)s1. The van der Waals surface area contributed by atoms with Gasteiger partial charge in [0.05, 0.1) is 5.69 Å². The van der Waals surface area contributed by atoms with Crippen LogP contribution >= 0.6 is 11.3 Å². The molecule has 0 aliphatic carbocycles. The monoisotopic (exact) mass is 307 g/mol. The molecule has 0 atom stereocenters. The van der Waals surface area contributed by atoms with Crippen LogP contribution in [0.15, 0.2) is 41.0 Å². The number of nitrogens with two attached hydrogens (primary N) is 1. The largest absolute Gasteiger partial charge is 0.374 e. The molecule has 0 spiro atoms. The Balaban J connectivity index is 2.05. The number of nitrogens with one attached hydrogen (secondary N) is 1. The van der Waals surface area contributed by atoms with Crippen LogP contribution in [0.25, 0.3) is 10.8 Å². The van der Waals surface area contributed by atoms with Crippen molar-refractivity contribution in [2.75, 3.05) is 10.5 Å². The van der Waals surface area contributed by atoms with Gasteiger partial charge in [0.25, 0.3) is 14.4 Å². The average Bonchev–Trinajstić information content (AvgIpc) is 2.86. The fourth-order valence-corrected chi connectivity index (χ4v) is 3.59. The number of pyridine rings is 1. The number of rotatable bonds is 3. The number of sulfonamides is 1. The van der Waals surface area contributed by atoms with Gasteiger partial charge in [0.1, 0.15) is 0 Å². The molecule has 0 fully saturated rings. The highest BCUT2D eigenvalue weighted by Gasteiger charge is 2.20. The number of benzene rings is 1. The standard InChI is InChI=1S/C11H9N5O2S2/c12-10-14-15-11(19-10)20(17,18)16-9-3-1-2-7-4-5-13-6-8(7)9/h1-6,16H,(H2,12,14). The summed E-state index contributed by atoms with van der Waals surface area (Å²) >= 11 is 0.809. The summed E-state index contributed by atoms with van der Waals surface area (Å²) in [7, 11) is -3.80. The van der Waals surface area contributed by atoms with Gasteiger partial charge in [-0.1, -0.05) is 23.5 Å². The third-order valence-electron chi connectivity index (χ3n) is 2.58. The van der Waals surface area contributed by atoms with Crippen molar-refractivity contribution < 1.29 is 8.42 Å². The van der Waals surface area contributed by atoms with Crippen LogP contribution in [0, 0.1) is 0 Å². The third-order valence-corrected chi connectivity index (χ3v) is 5.07. The van der Waals surface area contributed by atoms with E-state index in [1.54, 1.807) is 30.6 Å². The summed E-state index contributed by atoms with van der Waals surface area (Å²) in [6, 6.07) is 7.09. The van der Waals surface area contributed by atoms with Gasteiger partial charge in [0.15, 0.2) is 0 Å². The van der Waals surface area contributed by atoms with Gasteiger partial charge in [0, 0.05) is 17.8 Å². The summed E-state index contributed by atoms with van der Waals surface area (Å²) in [6.45, 7) is 0. The average molecular weight is 307 g/mol. The smallest absolute Gasteiger partial charge is 0.291 e. The highest BCUT2D eigenvalue weighted by Crippen LogP contribution is 2.26. The molecule has 3 rings (SSSR count). The van der Waals surface area contributed by atoms with Crippen molar-refractivity contribution in [1.82, 2.24) is 15.2 Å². The first-order valence-electron chi connectivity index (χ1n) is 5.51. The fourth-order valence-electron chi connectivity index (χ4n) is 1.72. The van der Waals surface area contributed by atoms with Crippen LogP contribution in [-0.2, 0) is 10.0 Å². The molecule has 0 aliphatic rings. The summed E-state index contributed by atoms with van der Waals surface area (Å²) in [5.74, 6) is 0. The molecule has 3 N–H and O–H groups in total. The first-order chi connectivity index (χ1) is 9.56. The molecule has 0 saturated heterocycles. The molecule has 20 heavy (non-hydrogen) atoms. The molecule has 0 unspecified atom stereocenters. The number of nitrogen functional groups attached to an aromatic ring is 1. The molecule has 102 valence electrons. The molecule has 3 aromatic rings. The van der Waals surface area contributed by atoms with E-state index >= 15 is 0 Å². The van der Waals surface area contributed by atoms with E-state index in [9.17, 15) is 8.42 Å². The van der Waals surface area contributed by atoms with E-state index in [1.807, 2.05) is 6.07 Å². The second-order valence-electron chi connectivity index (χ2n) is 3.91. The normalized spacial score (nSPS) is 11.6. The molecule has 1 aromatic carbocycles. The summed E-state index contributed by atoms with van der Waals surface area (Å²) in [6.07, 6.45) is 3.24. The van der Waals surface area contributed by atoms with E-state index in [4.69, 9.17) is 5.73 Å². The molecule has 2 heterocycles. The third kappa shape index (κ3) is 2.28.